The summed E-state index contributed by atoms with van der Waals surface area (Å²) in [5.74, 6) is 2.82. The smallest absolute Gasteiger partial charge is 0.239 e. The van der Waals surface area contributed by atoms with Crippen LogP contribution < -0.4 is 16.4 Å². The largest absolute Gasteiger partial charge is 0.351 e. The van der Waals surface area contributed by atoms with E-state index in [1.54, 1.807) is 0 Å². The number of halogens is 1. The molecule has 20 heavy (non-hydrogen) atoms. The summed E-state index contributed by atoms with van der Waals surface area (Å²) in [4.78, 5) is 22.9. The molecule has 0 aliphatic heterocycles. The number of amides is 2. The molecule has 0 spiro atoms. The van der Waals surface area contributed by atoms with Gasteiger partial charge in [-0.1, -0.05) is 0 Å². The third-order valence-corrected chi connectivity index (χ3v) is 5.19. The van der Waals surface area contributed by atoms with Gasteiger partial charge in [0.15, 0.2) is 0 Å². The molecule has 4 fully saturated rings. The molecule has 0 radical (unpaired) electrons. The molecule has 0 unspecified atom stereocenters. The zero-order chi connectivity index (χ0) is 13.4. The normalized spacial score (nSPS) is 37.1. The monoisotopic (exact) mass is 301 g/mol. The highest BCUT2D eigenvalue weighted by molar-refractivity contribution is 5.85. The first-order valence-electron chi connectivity index (χ1n) is 7.41. The van der Waals surface area contributed by atoms with Gasteiger partial charge in [0.25, 0.3) is 0 Å². The van der Waals surface area contributed by atoms with Crippen LogP contribution in [-0.4, -0.2) is 30.9 Å². The minimum absolute atomic E-state index is 0. The van der Waals surface area contributed by atoms with Crippen molar-refractivity contribution in [3.63, 3.8) is 0 Å². The molecule has 0 heterocycles. The number of carbonyl (C=O) groups is 2. The van der Waals surface area contributed by atoms with Crippen LogP contribution in [0.3, 0.4) is 0 Å². The molecule has 4 bridgehead atoms. The van der Waals surface area contributed by atoms with Crippen molar-refractivity contribution in [2.24, 2.45) is 29.4 Å². The number of nitrogens with one attached hydrogen (secondary N) is 2. The summed E-state index contributed by atoms with van der Waals surface area (Å²) in [5.41, 5.74) is 5.19. The highest BCUT2D eigenvalue weighted by atomic mass is 35.5. The number of hydrogen-bond acceptors (Lipinski definition) is 3. The van der Waals surface area contributed by atoms with E-state index in [2.05, 4.69) is 10.6 Å². The summed E-state index contributed by atoms with van der Waals surface area (Å²) >= 11 is 0. The second-order valence-corrected chi connectivity index (χ2v) is 6.50. The minimum atomic E-state index is -0.278. The lowest BCUT2D eigenvalue weighted by Gasteiger charge is -2.54. The van der Waals surface area contributed by atoms with E-state index in [-0.39, 0.29) is 37.3 Å². The SMILES string of the molecule is Cl.NCC(=O)NCC(=O)NC1C2CC3CC(C2)CC1C3. The molecule has 4 rings (SSSR count). The van der Waals surface area contributed by atoms with Gasteiger partial charge in [-0.25, -0.2) is 0 Å². The number of nitrogens with two attached hydrogens (primary N) is 1. The van der Waals surface area contributed by atoms with Crippen LogP contribution >= 0.6 is 12.4 Å². The summed E-state index contributed by atoms with van der Waals surface area (Å²) in [5, 5.41) is 5.68. The van der Waals surface area contributed by atoms with E-state index >= 15 is 0 Å². The van der Waals surface area contributed by atoms with E-state index in [0.717, 1.165) is 11.8 Å². The quantitative estimate of drug-likeness (QED) is 0.704. The van der Waals surface area contributed by atoms with Gasteiger partial charge in [0.2, 0.25) is 11.8 Å². The molecule has 5 nitrogen and oxygen atoms in total. The van der Waals surface area contributed by atoms with Gasteiger partial charge >= 0.3 is 0 Å². The highest BCUT2D eigenvalue weighted by Crippen LogP contribution is 2.53. The molecule has 0 saturated heterocycles. The van der Waals surface area contributed by atoms with Crippen molar-refractivity contribution in [1.82, 2.24) is 10.6 Å². The maximum atomic E-state index is 11.9. The van der Waals surface area contributed by atoms with Crippen LogP contribution in [-0.2, 0) is 9.59 Å². The summed E-state index contributed by atoms with van der Waals surface area (Å²) in [6.07, 6.45) is 6.56. The molecule has 0 atom stereocenters. The Morgan fingerprint density at radius 2 is 1.50 bits per heavy atom. The molecule has 6 heteroatoms. The molecule has 0 aromatic heterocycles. The fourth-order valence-electron chi connectivity index (χ4n) is 4.65. The fourth-order valence-corrected chi connectivity index (χ4v) is 4.65. The highest BCUT2D eigenvalue weighted by Gasteiger charge is 2.48. The maximum Gasteiger partial charge on any atom is 0.239 e. The van der Waals surface area contributed by atoms with Gasteiger partial charge < -0.3 is 16.4 Å². The Labute approximate surface area is 125 Å². The van der Waals surface area contributed by atoms with Crippen LogP contribution in [0.5, 0.6) is 0 Å². The first-order valence-corrected chi connectivity index (χ1v) is 7.41. The molecule has 4 saturated carbocycles. The van der Waals surface area contributed by atoms with Crippen LogP contribution in [0.4, 0.5) is 0 Å². The third kappa shape index (κ3) is 3.09. The molecular weight excluding hydrogens is 278 g/mol. The Kier molecular flexibility index (Phi) is 4.91. The Balaban J connectivity index is 0.00000147. The van der Waals surface area contributed by atoms with Gasteiger partial charge in [-0.2, -0.15) is 0 Å². The Hall–Kier alpha value is -0.810. The van der Waals surface area contributed by atoms with Crippen LogP contribution in [0.15, 0.2) is 0 Å². The fraction of sp³-hybridized carbons (Fsp3) is 0.857. The lowest BCUT2D eigenvalue weighted by molar-refractivity contribution is -0.127. The van der Waals surface area contributed by atoms with Crippen LogP contribution in [0.1, 0.15) is 32.1 Å². The molecule has 114 valence electrons. The minimum Gasteiger partial charge on any atom is -0.351 e. The number of hydrogen-bond donors (Lipinski definition) is 3. The summed E-state index contributed by atoms with van der Waals surface area (Å²) in [6.45, 7) is -0.00977. The maximum absolute atomic E-state index is 11.9. The predicted octanol–water partition coefficient (Wildman–Crippen LogP) is 0.424. The van der Waals surface area contributed by atoms with Crippen LogP contribution in [0, 0.1) is 23.7 Å². The lowest BCUT2D eigenvalue weighted by Crippen LogP contribution is -2.57. The van der Waals surface area contributed by atoms with Gasteiger partial charge in [0.05, 0.1) is 13.1 Å². The molecule has 4 N–H and O–H groups in total. The van der Waals surface area contributed by atoms with Gasteiger partial charge in [0, 0.05) is 6.04 Å². The van der Waals surface area contributed by atoms with Gasteiger partial charge in [-0.15, -0.1) is 12.4 Å². The van der Waals surface area contributed by atoms with E-state index in [0.29, 0.717) is 17.9 Å². The van der Waals surface area contributed by atoms with Gasteiger partial charge in [0.1, 0.15) is 0 Å². The van der Waals surface area contributed by atoms with Crippen molar-refractivity contribution in [2.75, 3.05) is 13.1 Å². The Morgan fingerprint density at radius 3 is 2.00 bits per heavy atom. The Morgan fingerprint density at radius 1 is 0.950 bits per heavy atom. The molecular formula is C14H24ClN3O2. The van der Waals surface area contributed by atoms with E-state index in [9.17, 15) is 9.59 Å². The van der Waals surface area contributed by atoms with Crippen molar-refractivity contribution in [1.29, 1.82) is 0 Å². The number of carbonyl (C=O) groups excluding carboxylic acids is 2. The molecule has 0 aromatic rings. The van der Waals surface area contributed by atoms with Crippen molar-refractivity contribution >= 4 is 24.2 Å². The molecule has 2 amide bonds. The Bertz CT molecular complexity index is 361. The van der Waals surface area contributed by atoms with Gasteiger partial charge in [-0.3, -0.25) is 9.59 Å². The average Bonchev–Trinajstić information content (AvgIpc) is 2.39. The third-order valence-electron chi connectivity index (χ3n) is 5.19. The second-order valence-electron chi connectivity index (χ2n) is 6.50. The summed E-state index contributed by atoms with van der Waals surface area (Å²) in [7, 11) is 0. The summed E-state index contributed by atoms with van der Waals surface area (Å²) in [6, 6.07) is 0.343. The van der Waals surface area contributed by atoms with Crippen LogP contribution in [0.25, 0.3) is 0 Å². The predicted molar refractivity (Wildman–Crippen MR) is 78.3 cm³/mol. The average molecular weight is 302 g/mol. The van der Waals surface area contributed by atoms with E-state index in [1.807, 2.05) is 0 Å². The van der Waals surface area contributed by atoms with E-state index in [4.69, 9.17) is 5.73 Å². The zero-order valence-electron chi connectivity index (χ0n) is 11.6. The second kappa shape index (κ2) is 6.31. The first-order chi connectivity index (χ1) is 9.15. The topological polar surface area (TPSA) is 84.2 Å². The molecule has 4 aliphatic rings. The lowest BCUT2D eigenvalue weighted by atomic mass is 9.54. The first kappa shape index (κ1) is 15.6. The van der Waals surface area contributed by atoms with Crippen LogP contribution in [0.2, 0.25) is 0 Å². The molecule has 4 aliphatic carbocycles. The van der Waals surface area contributed by atoms with E-state index in [1.165, 1.54) is 32.1 Å². The van der Waals surface area contributed by atoms with Crippen molar-refractivity contribution in [2.45, 2.75) is 38.1 Å². The van der Waals surface area contributed by atoms with Gasteiger partial charge in [-0.05, 0) is 55.8 Å². The van der Waals surface area contributed by atoms with Crippen molar-refractivity contribution < 1.29 is 9.59 Å². The van der Waals surface area contributed by atoms with Crippen molar-refractivity contribution in [3.05, 3.63) is 0 Å². The van der Waals surface area contributed by atoms with Crippen molar-refractivity contribution in [3.8, 4) is 0 Å². The van der Waals surface area contributed by atoms with E-state index < -0.39 is 0 Å². The number of rotatable bonds is 4. The standard InChI is InChI=1S/C14H23N3O2.ClH/c15-6-12(18)16-7-13(19)17-14-10-2-8-1-9(4-10)5-11(14)3-8;/h8-11,14H,1-7,15H2,(H,16,18)(H,17,19);1H. The zero-order valence-corrected chi connectivity index (χ0v) is 12.5. The summed E-state index contributed by atoms with van der Waals surface area (Å²) < 4.78 is 0. The molecule has 0 aromatic carbocycles.